The predicted octanol–water partition coefficient (Wildman–Crippen LogP) is 3.65. The highest BCUT2D eigenvalue weighted by molar-refractivity contribution is 5.33. The Bertz CT molecular complexity index is 334. The summed E-state index contributed by atoms with van der Waals surface area (Å²) in [4.78, 5) is 0. The van der Waals surface area contributed by atoms with Crippen LogP contribution in [0.2, 0.25) is 0 Å². The molecular formula is C16H27NO. The van der Waals surface area contributed by atoms with Crippen molar-refractivity contribution in [2.45, 2.75) is 46.6 Å². The number of hydrogen-bond acceptors (Lipinski definition) is 2. The van der Waals surface area contributed by atoms with Crippen molar-refractivity contribution in [1.82, 2.24) is 5.32 Å². The quantitative estimate of drug-likeness (QED) is 0.710. The summed E-state index contributed by atoms with van der Waals surface area (Å²) >= 11 is 0. The Morgan fingerprint density at radius 1 is 1.11 bits per heavy atom. The number of nitrogens with one attached hydrogen (secondary N) is 1. The van der Waals surface area contributed by atoms with Crippen LogP contribution in [0.1, 0.15) is 39.7 Å². The minimum atomic E-state index is 0.241. The van der Waals surface area contributed by atoms with E-state index in [9.17, 15) is 0 Å². The molecule has 0 radical (unpaired) electrons. The van der Waals surface area contributed by atoms with Crippen LogP contribution in [0, 0.1) is 5.92 Å². The van der Waals surface area contributed by atoms with E-state index in [1.54, 1.807) is 0 Å². The van der Waals surface area contributed by atoms with E-state index < -0.39 is 0 Å². The summed E-state index contributed by atoms with van der Waals surface area (Å²) in [5.41, 5.74) is 1.32. The van der Waals surface area contributed by atoms with Crippen LogP contribution in [0.15, 0.2) is 24.3 Å². The second-order valence-corrected chi connectivity index (χ2v) is 5.48. The zero-order valence-corrected chi connectivity index (χ0v) is 12.2. The van der Waals surface area contributed by atoms with Gasteiger partial charge in [-0.3, -0.25) is 0 Å². The maximum absolute atomic E-state index is 5.82. The molecule has 1 aromatic rings. The van der Waals surface area contributed by atoms with Gasteiger partial charge in [0.15, 0.2) is 0 Å². The standard InChI is InChI=1S/C16H27NO/c1-13(2)12-17-11-7-9-15-8-5-6-10-16(15)18-14(3)4/h5-6,8,10,13-14,17H,7,9,11-12H2,1-4H3. The van der Waals surface area contributed by atoms with Crippen molar-refractivity contribution in [3.63, 3.8) is 0 Å². The lowest BCUT2D eigenvalue weighted by atomic mass is 10.1. The van der Waals surface area contributed by atoms with E-state index in [0.717, 1.165) is 37.6 Å². The summed E-state index contributed by atoms with van der Waals surface area (Å²) in [5, 5.41) is 3.47. The normalized spacial score (nSPS) is 11.2. The van der Waals surface area contributed by atoms with Crippen molar-refractivity contribution in [1.29, 1.82) is 0 Å². The molecule has 2 nitrogen and oxygen atoms in total. The molecule has 18 heavy (non-hydrogen) atoms. The number of benzene rings is 1. The number of aryl methyl sites for hydroxylation is 1. The molecule has 0 aliphatic carbocycles. The highest BCUT2D eigenvalue weighted by Gasteiger charge is 2.04. The van der Waals surface area contributed by atoms with Gasteiger partial charge in [0.25, 0.3) is 0 Å². The fourth-order valence-corrected chi connectivity index (χ4v) is 1.87. The summed E-state index contributed by atoms with van der Waals surface area (Å²) in [5.74, 6) is 1.76. The Morgan fingerprint density at radius 3 is 2.50 bits per heavy atom. The van der Waals surface area contributed by atoms with Gasteiger partial charge in [-0.15, -0.1) is 0 Å². The maximum atomic E-state index is 5.82. The van der Waals surface area contributed by atoms with Crippen molar-refractivity contribution in [3.05, 3.63) is 29.8 Å². The summed E-state index contributed by atoms with van der Waals surface area (Å²) in [7, 11) is 0. The van der Waals surface area contributed by atoms with Gasteiger partial charge >= 0.3 is 0 Å². The van der Waals surface area contributed by atoms with Crippen LogP contribution in [0.25, 0.3) is 0 Å². The summed E-state index contributed by atoms with van der Waals surface area (Å²) in [6, 6.07) is 8.36. The molecule has 0 aliphatic rings. The van der Waals surface area contributed by atoms with Gasteiger partial charge in [-0.1, -0.05) is 32.0 Å². The SMILES string of the molecule is CC(C)CNCCCc1ccccc1OC(C)C. The Labute approximate surface area is 112 Å². The molecule has 1 aromatic carbocycles. The van der Waals surface area contributed by atoms with Gasteiger partial charge in [0.05, 0.1) is 6.10 Å². The first-order valence-electron chi connectivity index (χ1n) is 7.05. The van der Waals surface area contributed by atoms with E-state index in [4.69, 9.17) is 4.74 Å². The van der Waals surface area contributed by atoms with Crippen LogP contribution in [-0.2, 0) is 6.42 Å². The van der Waals surface area contributed by atoms with Crippen LogP contribution in [0.3, 0.4) is 0 Å². The first kappa shape index (κ1) is 15.0. The number of hydrogen-bond donors (Lipinski definition) is 1. The van der Waals surface area contributed by atoms with Gasteiger partial charge in [-0.25, -0.2) is 0 Å². The second-order valence-electron chi connectivity index (χ2n) is 5.48. The molecule has 102 valence electrons. The first-order valence-corrected chi connectivity index (χ1v) is 7.05. The van der Waals surface area contributed by atoms with Crippen molar-refractivity contribution in [3.8, 4) is 5.75 Å². The average Bonchev–Trinajstić information content (AvgIpc) is 2.29. The third-order valence-electron chi connectivity index (χ3n) is 2.69. The topological polar surface area (TPSA) is 21.3 Å². The summed E-state index contributed by atoms with van der Waals surface area (Å²) in [6.07, 6.45) is 2.48. The summed E-state index contributed by atoms with van der Waals surface area (Å²) < 4.78 is 5.82. The minimum Gasteiger partial charge on any atom is -0.491 e. The van der Waals surface area contributed by atoms with Crippen LogP contribution < -0.4 is 10.1 Å². The molecule has 0 atom stereocenters. The number of ether oxygens (including phenoxy) is 1. The first-order chi connectivity index (χ1) is 8.59. The van der Waals surface area contributed by atoms with Gasteiger partial charge in [-0.05, 0) is 57.3 Å². The average molecular weight is 249 g/mol. The molecule has 0 aromatic heterocycles. The molecule has 1 rings (SSSR count). The molecule has 1 N–H and O–H groups in total. The zero-order valence-electron chi connectivity index (χ0n) is 12.2. The fourth-order valence-electron chi connectivity index (χ4n) is 1.87. The molecule has 0 amide bonds. The number of para-hydroxylation sites is 1. The zero-order chi connectivity index (χ0) is 13.4. The summed E-state index contributed by atoms with van der Waals surface area (Å²) in [6.45, 7) is 10.8. The van der Waals surface area contributed by atoms with Gasteiger partial charge in [0.1, 0.15) is 5.75 Å². The van der Waals surface area contributed by atoms with Gasteiger partial charge < -0.3 is 10.1 Å². The van der Waals surface area contributed by atoms with Gasteiger partial charge in [0.2, 0.25) is 0 Å². The molecule has 0 fully saturated rings. The lowest BCUT2D eigenvalue weighted by Gasteiger charge is -2.14. The third-order valence-corrected chi connectivity index (χ3v) is 2.69. The van der Waals surface area contributed by atoms with Crippen molar-refractivity contribution < 1.29 is 4.74 Å². The number of rotatable bonds is 8. The molecule has 0 bridgehead atoms. The van der Waals surface area contributed by atoms with E-state index >= 15 is 0 Å². The largest absolute Gasteiger partial charge is 0.491 e. The van der Waals surface area contributed by atoms with Crippen LogP contribution >= 0.6 is 0 Å². The molecule has 0 saturated carbocycles. The van der Waals surface area contributed by atoms with E-state index in [1.165, 1.54) is 5.56 Å². The van der Waals surface area contributed by atoms with Crippen molar-refractivity contribution >= 4 is 0 Å². The minimum absolute atomic E-state index is 0.241. The van der Waals surface area contributed by atoms with Crippen LogP contribution in [0.4, 0.5) is 0 Å². The molecule has 0 aliphatic heterocycles. The Balaban J connectivity index is 2.37. The Hall–Kier alpha value is -1.02. The molecule has 0 saturated heterocycles. The monoisotopic (exact) mass is 249 g/mol. The van der Waals surface area contributed by atoms with E-state index in [1.807, 2.05) is 6.07 Å². The maximum Gasteiger partial charge on any atom is 0.122 e. The van der Waals surface area contributed by atoms with Gasteiger partial charge in [-0.2, -0.15) is 0 Å². The second kappa shape index (κ2) is 8.15. The Kier molecular flexibility index (Phi) is 6.81. The smallest absolute Gasteiger partial charge is 0.122 e. The van der Waals surface area contributed by atoms with Gasteiger partial charge in [0, 0.05) is 0 Å². The van der Waals surface area contributed by atoms with E-state index in [0.29, 0.717) is 0 Å². The van der Waals surface area contributed by atoms with Crippen LogP contribution in [0.5, 0.6) is 5.75 Å². The van der Waals surface area contributed by atoms with Crippen LogP contribution in [-0.4, -0.2) is 19.2 Å². The lowest BCUT2D eigenvalue weighted by Crippen LogP contribution is -2.21. The molecule has 0 unspecified atom stereocenters. The fraction of sp³-hybridized carbons (Fsp3) is 0.625. The van der Waals surface area contributed by atoms with E-state index in [-0.39, 0.29) is 6.10 Å². The molecular weight excluding hydrogens is 222 g/mol. The molecule has 2 heteroatoms. The van der Waals surface area contributed by atoms with Crippen molar-refractivity contribution in [2.24, 2.45) is 5.92 Å². The predicted molar refractivity (Wildman–Crippen MR) is 78.2 cm³/mol. The van der Waals surface area contributed by atoms with Crippen molar-refractivity contribution in [2.75, 3.05) is 13.1 Å². The third kappa shape index (κ3) is 6.06. The highest BCUT2D eigenvalue weighted by atomic mass is 16.5. The highest BCUT2D eigenvalue weighted by Crippen LogP contribution is 2.20. The van der Waals surface area contributed by atoms with E-state index in [2.05, 4.69) is 51.2 Å². The Morgan fingerprint density at radius 2 is 1.83 bits per heavy atom. The molecule has 0 heterocycles. The molecule has 0 spiro atoms. The lowest BCUT2D eigenvalue weighted by molar-refractivity contribution is 0.240.